The lowest BCUT2D eigenvalue weighted by atomic mass is 9.89. The van der Waals surface area contributed by atoms with E-state index >= 15 is 0 Å². The molecule has 1 aliphatic carbocycles. The van der Waals surface area contributed by atoms with E-state index in [0.29, 0.717) is 41.9 Å². The number of nitrogens with zero attached hydrogens (tertiary/aromatic N) is 5. The summed E-state index contributed by atoms with van der Waals surface area (Å²) in [5.41, 5.74) is 0.795. The normalized spacial score (nSPS) is 17.2. The first kappa shape index (κ1) is 30.0. The zero-order valence-electron chi connectivity index (χ0n) is 24.1. The van der Waals surface area contributed by atoms with Gasteiger partial charge >= 0.3 is 0 Å². The second-order valence-electron chi connectivity index (χ2n) is 12.6. The monoisotopic (exact) mass is 590 g/mol. The van der Waals surface area contributed by atoms with Crippen LogP contribution in [0.4, 0.5) is 0 Å². The molecule has 1 aliphatic rings. The number of ether oxygens (including phenoxy) is 1. The Morgan fingerprint density at radius 1 is 1.25 bits per heavy atom. The summed E-state index contributed by atoms with van der Waals surface area (Å²) in [6, 6.07) is 4.64. The summed E-state index contributed by atoms with van der Waals surface area (Å²) >= 11 is 6.29. The number of aryl methyl sites for hydroxylation is 1. The van der Waals surface area contributed by atoms with Crippen LogP contribution in [0.15, 0.2) is 35.5 Å². The van der Waals surface area contributed by atoms with E-state index in [9.17, 15) is 13.2 Å². The second-order valence-corrected chi connectivity index (χ2v) is 14.6. The molecule has 0 aliphatic heterocycles. The van der Waals surface area contributed by atoms with Gasteiger partial charge in [-0.15, -0.1) is 5.10 Å². The van der Waals surface area contributed by atoms with Crippen LogP contribution in [0, 0.1) is 23.7 Å². The zero-order chi connectivity index (χ0) is 29.3. The Hall–Kier alpha value is -2.92. The Labute approximate surface area is 241 Å². The first-order chi connectivity index (χ1) is 18.6. The average molecular weight is 591 g/mol. The number of hydrogen-bond donors (Lipinski definition) is 1. The van der Waals surface area contributed by atoms with Gasteiger partial charge in [0.15, 0.2) is 5.82 Å². The van der Waals surface area contributed by atoms with Crippen molar-refractivity contribution in [3.8, 4) is 11.7 Å². The standard InChI is InChI=1S/C28H39ClN6O4S/c1-19-22(17-30-34(19)14-7-8-20-11-13-28(5,6)16-20)40(37,38)33-26(36)21-9-10-23(31-25(21)29)35-15-12-24(32-35)39-18-27(2,3)4/h9-10,12,15,17,20H,7-8,11,13-14,16,18H2,1-6H3,(H,33,36). The number of halogens is 1. The lowest BCUT2D eigenvalue weighted by molar-refractivity contribution is 0.0981. The van der Waals surface area contributed by atoms with E-state index in [-0.39, 0.29) is 21.0 Å². The van der Waals surface area contributed by atoms with Crippen LogP contribution in [0.5, 0.6) is 5.88 Å². The zero-order valence-corrected chi connectivity index (χ0v) is 25.6. The number of carbonyl (C=O) groups is 1. The molecule has 0 saturated heterocycles. The molecule has 1 N–H and O–H groups in total. The van der Waals surface area contributed by atoms with Gasteiger partial charge in [-0.05, 0) is 67.9 Å². The van der Waals surface area contributed by atoms with Crippen molar-refractivity contribution in [3.63, 3.8) is 0 Å². The van der Waals surface area contributed by atoms with E-state index in [1.165, 1.54) is 42.3 Å². The molecule has 3 aromatic rings. The van der Waals surface area contributed by atoms with Gasteiger partial charge in [-0.2, -0.15) is 5.10 Å². The number of pyridine rings is 1. The lowest BCUT2D eigenvalue weighted by Gasteiger charge is -2.17. The third-order valence-electron chi connectivity index (χ3n) is 7.16. The number of sulfonamides is 1. The van der Waals surface area contributed by atoms with E-state index in [4.69, 9.17) is 16.3 Å². The van der Waals surface area contributed by atoms with Crippen molar-refractivity contribution in [1.82, 2.24) is 29.3 Å². The van der Waals surface area contributed by atoms with Gasteiger partial charge in [0.05, 0.1) is 24.1 Å². The van der Waals surface area contributed by atoms with Gasteiger partial charge in [-0.3, -0.25) is 9.48 Å². The number of carbonyl (C=O) groups excluding carboxylic acids is 1. The fraction of sp³-hybridized carbons (Fsp3) is 0.571. The van der Waals surface area contributed by atoms with Crippen molar-refractivity contribution in [3.05, 3.63) is 47.0 Å². The van der Waals surface area contributed by atoms with E-state index in [2.05, 4.69) is 54.5 Å². The van der Waals surface area contributed by atoms with E-state index in [1.54, 1.807) is 23.9 Å². The van der Waals surface area contributed by atoms with Gasteiger partial charge < -0.3 is 4.74 Å². The maximum Gasteiger partial charge on any atom is 0.268 e. The van der Waals surface area contributed by atoms with Crippen LogP contribution < -0.4 is 9.46 Å². The summed E-state index contributed by atoms with van der Waals surface area (Å²) in [6.07, 6.45) is 8.67. The van der Waals surface area contributed by atoms with Gasteiger partial charge in [0.25, 0.3) is 15.9 Å². The number of nitrogens with one attached hydrogen (secondary N) is 1. The summed E-state index contributed by atoms with van der Waals surface area (Å²) in [5, 5.41) is 8.45. The summed E-state index contributed by atoms with van der Waals surface area (Å²) in [5.74, 6) is 0.609. The summed E-state index contributed by atoms with van der Waals surface area (Å²) in [4.78, 5) is 17.1. The number of rotatable bonds is 10. The largest absolute Gasteiger partial charge is 0.476 e. The smallest absolute Gasteiger partial charge is 0.268 e. The highest BCUT2D eigenvalue weighted by Crippen LogP contribution is 2.42. The minimum Gasteiger partial charge on any atom is -0.476 e. The second kappa shape index (κ2) is 11.5. The molecule has 3 heterocycles. The van der Waals surface area contributed by atoms with Crippen molar-refractivity contribution in [2.24, 2.45) is 16.7 Å². The molecule has 0 spiro atoms. The summed E-state index contributed by atoms with van der Waals surface area (Å²) < 4.78 is 37.1. The highest BCUT2D eigenvalue weighted by atomic mass is 35.5. The van der Waals surface area contributed by atoms with E-state index < -0.39 is 15.9 Å². The van der Waals surface area contributed by atoms with Crippen LogP contribution in [-0.2, 0) is 16.6 Å². The van der Waals surface area contributed by atoms with Crippen LogP contribution in [0.1, 0.15) is 82.8 Å². The average Bonchev–Trinajstić information content (AvgIpc) is 3.56. The molecule has 1 atom stereocenters. The van der Waals surface area contributed by atoms with Gasteiger partial charge in [-0.1, -0.05) is 46.2 Å². The van der Waals surface area contributed by atoms with Crippen LogP contribution in [-0.4, -0.2) is 45.5 Å². The van der Waals surface area contributed by atoms with Crippen LogP contribution in [0.2, 0.25) is 5.15 Å². The first-order valence-electron chi connectivity index (χ1n) is 13.6. The molecule has 4 rings (SSSR count). The molecular weight excluding hydrogens is 552 g/mol. The molecule has 0 radical (unpaired) electrons. The molecule has 40 heavy (non-hydrogen) atoms. The van der Waals surface area contributed by atoms with Gasteiger partial charge in [0.2, 0.25) is 5.88 Å². The first-order valence-corrected chi connectivity index (χ1v) is 15.4. The summed E-state index contributed by atoms with van der Waals surface area (Å²) in [7, 11) is -4.17. The maximum atomic E-state index is 13.1. The molecule has 12 heteroatoms. The molecular formula is C28H39ClN6O4S. The SMILES string of the molecule is Cc1c(S(=O)(=O)NC(=O)c2ccc(-n3ccc(OCC(C)(C)C)n3)nc2Cl)cnn1CCCC1CCC(C)(C)C1. The number of hydrogen-bond acceptors (Lipinski definition) is 7. The number of aromatic nitrogens is 5. The Morgan fingerprint density at radius 3 is 2.65 bits per heavy atom. The summed E-state index contributed by atoms with van der Waals surface area (Å²) in [6.45, 7) is 13.6. The minimum absolute atomic E-state index is 0.0232. The minimum atomic E-state index is -4.17. The van der Waals surface area contributed by atoms with Crippen molar-refractivity contribution >= 4 is 27.5 Å². The highest BCUT2D eigenvalue weighted by Gasteiger charge is 2.30. The molecule has 218 valence electrons. The predicted molar refractivity (Wildman–Crippen MR) is 153 cm³/mol. The van der Waals surface area contributed by atoms with Crippen molar-refractivity contribution in [2.45, 2.75) is 85.1 Å². The topological polar surface area (TPSA) is 121 Å². The molecule has 1 saturated carbocycles. The maximum absolute atomic E-state index is 13.1. The van der Waals surface area contributed by atoms with E-state index in [0.717, 1.165) is 12.8 Å². The molecule has 10 nitrogen and oxygen atoms in total. The third-order valence-corrected chi connectivity index (χ3v) is 8.88. The van der Waals surface area contributed by atoms with Crippen molar-refractivity contribution in [1.29, 1.82) is 0 Å². The Balaban J connectivity index is 1.38. The van der Waals surface area contributed by atoms with Crippen molar-refractivity contribution < 1.29 is 17.9 Å². The van der Waals surface area contributed by atoms with Crippen LogP contribution in [0.25, 0.3) is 5.82 Å². The molecule has 0 aromatic carbocycles. The van der Waals surface area contributed by atoms with E-state index in [1.807, 2.05) is 0 Å². The van der Waals surface area contributed by atoms with Gasteiger partial charge in [0.1, 0.15) is 10.0 Å². The van der Waals surface area contributed by atoms with Crippen LogP contribution in [0.3, 0.4) is 0 Å². The molecule has 1 unspecified atom stereocenters. The Bertz CT molecular complexity index is 1470. The Morgan fingerprint density at radius 2 is 2.00 bits per heavy atom. The Kier molecular flexibility index (Phi) is 8.65. The quantitative estimate of drug-likeness (QED) is 0.306. The fourth-order valence-corrected chi connectivity index (χ4v) is 6.41. The predicted octanol–water partition coefficient (Wildman–Crippen LogP) is 5.58. The van der Waals surface area contributed by atoms with Gasteiger partial charge in [0, 0.05) is 18.8 Å². The molecule has 1 fully saturated rings. The number of amides is 1. The van der Waals surface area contributed by atoms with Crippen molar-refractivity contribution in [2.75, 3.05) is 6.61 Å². The molecule has 0 bridgehead atoms. The molecule has 3 aromatic heterocycles. The third kappa shape index (κ3) is 7.42. The van der Waals surface area contributed by atoms with Gasteiger partial charge in [-0.25, -0.2) is 22.8 Å². The van der Waals surface area contributed by atoms with Crippen LogP contribution >= 0.6 is 11.6 Å². The molecule has 1 amide bonds. The lowest BCUT2D eigenvalue weighted by Crippen LogP contribution is -2.31. The highest BCUT2D eigenvalue weighted by molar-refractivity contribution is 7.90. The fourth-order valence-electron chi connectivity index (χ4n) is 5.03.